The van der Waals surface area contributed by atoms with Gasteiger partial charge in [0.15, 0.2) is 5.16 Å². The first kappa shape index (κ1) is 21.7. The Bertz CT molecular complexity index is 955. The number of hydrogen-bond donors (Lipinski definition) is 0. The third-order valence-corrected chi connectivity index (χ3v) is 6.09. The van der Waals surface area contributed by atoms with E-state index in [1.54, 1.807) is 11.8 Å². The first-order valence-corrected chi connectivity index (χ1v) is 11.8. The number of benzene rings is 2. The highest BCUT2D eigenvalue weighted by atomic mass is 32.2. The highest BCUT2D eigenvalue weighted by Gasteiger charge is 2.21. The minimum Gasteiger partial charge on any atom is -0.489 e. The van der Waals surface area contributed by atoms with Crippen LogP contribution in [-0.2, 0) is 23.6 Å². The number of hydrogen-bond acceptors (Lipinski definition) is 6. The van der Waals surface area contributed by atoms with Gasteiger partial charge in [0, 0.05) is 25.4 Å². The second-order valence-corrected chi connectivity index (χ2v) is 9.04. The van der Waals surface area contributed by atoms with Crippen LogP contribution in [0.5, 0.6) is 5.75 Å². The lowest BCUT2D eigenvalue weighted by Gasteiger charge is -2.28. The van der Waals surface area contributed by atoms with Gasteiger partial charge in [-0.15, -0.1) is 10.2 Å². The summed E-state index contributed by atoms with van der Waals surface area (Å²) in [6, 6.07) is 18.5. The second kappa shape index (κ2) is 10.7. The molecule has 1 aromatic heterocycles. The summed E-state index contributed by atoms with van der Waals surface area (Å²) >= 11 is 1.73. The Balaban J connectivity index is 1.42. The number of rotatable bonds is 9. The van der Waals surface area contributed by atoms with Crippen molar-refractivity contribution in [3.8, 4) is 5.75 Å². The number of ether oxygens (including phenoxy) is 2. The minimum absolute atomic E-state index is 0.518. The third-order valence-electron chi connectivity index (χ3n) is 5.05. The van der Waals surface area contributed by atoms with Crippen molar-refractivity contribution in [3.05, 3.63) is 65.7 Å². The third kappa shape index (κ3) is 6.02. The SMILES string of the molecule is CC(C)Cn1c(SCc2cccc(OCc3ccccc3)c2)nnc1N1CCOCC1. The number of aromatic nitrogens is 3. The number of thioether (sulfide) groups is 1. The molecule has 0 spiro atoms. The molecule has 1 fully saturated rings. The van der Waals surface area contributed by atoms with Crippen LogP contribution >= 0.6 is 11.8 Å². The molecule has 1 aliphatic rings. The highest BCUT2D eigenvalue weighted by Crippen LogP contribution is 2.28. The Morgan fingerprint density at radius 3 is 2.55 bits per heavy atom. The van der Waals surface area contributed by atoms with Gasteiger partial charge in [0.1, 0.15) is 12.4 Å². The smallest absolute Gasteiger partial charge is 0.228 e. The average Bonchev–Trinajstić information content (AvgIpc) is 3.19. The normalized spacial score (nSPS) is 14.2. The van der Waals surface area contributed by atoms with Crippen molar-refractivity contribution in [1.82, 2.24) is 14.8 Å². The van der Waals surface area contributed by atoms with Gasteiger partial charge in [-0.05, 0) is 29.2 Å². The molecule has 31 heavy (non-hydrogen) atoms. The van der Waals surface area contributed by atoms with Crippen LogP contribution in [0.25, 0.3) is 0 Å². The van der Waals surface area contributed by atoms with Crippen molar-refractivity contribution in [2.24, 2.45) is 5.92 Å². The van der Waals surface area contributed by atoms with Crippen LogP contribution in [0.15, 0.2) is 59.8 Å². The molecule has 164 valence electrons. The largest absolute Gasteiger partial charge is 0.489 e. The van der Waals surface area contributed by atoms with Crippen LogP contribution in [0.3, 0.4) is 0 Å². The summed E-state index contributed by atoms with van der Waals surface area (Å²) in [6.07, 6.45) is 0. The van der Waals surface area contributed by atoms with E-state index in [0.717, 1.165) is 55.5 Å². The van der Waals surface area contributed by atoms with E-state index in [1.165, 1.54) is 11.1 Å². The minimum atomic E-state index is 0.518. The summed E-state index contributed by atoms with van der Waals surface area (Å²) in [5.74, 6) is 3.19. The topological polar surface area (TPSA) is 52.4 Å². The molecule has 0 radical (unpaired) electrons. The van der Waals surface area contributed by atoms with Gasteiger partial charge < -0.3 is 14.4 Å². The van der Waals surface area contributed by atoms with Crippen LogP contribution in [-0.4, -0.2) is 41.1 Å². The molecule has 0 unspecified atom stereocenters. The Hall–Kier alpha value is -2.51. The second-order valence-electron chi connectivity index (χ2n) is 8.10. The molecule has 0 atom stereocenters. The van der Waals surface area contributed by atoms with Gasteiger partial charge in [0.2, 0.25) is 5.95 Å². The Labute approximate surface area is 188 Å². The first-order chi connectivity index (χ1) is 15.2. The molecule has 0 bridgehead atoms. The molecule has 0 amide bonds. The summed E-state index contributed by atoms with van der Waals surface area (Å²) in [5.41, 5.74) is 2.38. The Morgan fingerprint density at radius 1 is 1.00 bits per heavy atom. The van der Waals surface area contributed by atoms with Crippen LogP contribution in [0.4, 0.5) is 5.95 Å². The zero-order chi connectivity index (χ0) is 21.5. The molecule has 0 saturated carbocycles. The predicted octanol–water partition coefficient (Wildman–Crippen LogP) is 4.64. The van der Waals surface area contributed by atoms with Gasteiger partial charge in [-0.3, -0.25) is 4.57 Å². The molecule has 6 nitrogen and oxygen atoms in total. The molecule has 2 heterocycles. The van der Waals surface area contributed by atoms with Crippen LogP contribution in [0, 0.1) is 5.92 Å². The van der Waals surface area contributed by atoms with E-state index in [1.807, 2.05) is 30.3 Å². The predicted molar refractivity (Wildman–Crippen MR) is 125 cm³/mol. The van der Waals surface area contributed by atoms with Crippen LogP contribution in [0.1, 0.15) is 25.0 Å². The molecule has 3 aromatic rings. The quantitative estimate of drug-likeness (QED) is 0.454. The lowest BCUT2D eigenvalue weighted by Crippen LogP contribution is -2.38. The first-order valence-electron chi connectivity index (χ1n) is 10.8. The standard InChI is InChI=1S/C24H30N4O2S/c1-19(2)16-28-23(27-11-13-29-14-12-27)25-26-24(28)31-18-21-9-6-10-22(15-21)30-17-20-7-4-3-5-8-20/h3-10,15,19H,11-14,16-18H2,1-2H3. The molecular weight excluding hydrogens is 408 g/mol. The van der Waals surface area contributed by atoms with Crippen molar-refractivity contribution < 1.29 is 9.47 Å². The molecule has 4 rings (SSSR count). The zero-order valence-electron chi connectivity index (χ0n) is 18.2. The fourth-order valence-electron chi connectivity index (χ4n) is 3.52. The summed E-state index contributed by atoms with van der Waals surface area (Å²) < 4.78 is 13.7. The zero-order valence-corrected chi connectivity index (χ0v) is 19.1. The van der Waals surface area contributed by atoms with E-state index in [2.05, 4.69) is 57.8 Å². The van der Waals surface area contributed by atoms with Crippen molar-refractivity contribution in [2.45, 2.75) is 37.9 Å². The van der Waals surface area contributed by atoms with Crippen molar-refractivity contribution in [1.29, 1.82) is 0 Å². The van der Waals surface area contributed by atoms with Gasteiger partial charge in [-0.25, -0.2) is 0 Å². The average molecular weight is 439 g/mol. The summed E-state index contributed by atoms with van der Waals surface area (Å²) in [5, 5.41) is 10.0. The van der Waals surface area contributed by atoms with Gasteiger partial charge in [-0.2, -0.15) is 0 Å². The van der Waals surface area contributed by atoms with E-state index < -0.39 is 0 Å². The van der Waals surface area contributed by atoms with E-state index in [0.29, 0.717) is 12.5 Å². The molecule has 7 heteroatoms. The molecule has 0 aliphatic carbocycles. The summed E-state index contributed by atoms with van der Waals surface area (Å²) in [7, 11) is 0. The van der Waals surface area contributed by atoms with Crippen LogP contribution < -0.4 is 9.64 Å². The van der Waals surface area contributed by atoms with Gasteiger partial charge in [-0.1, -0.05) is 68.1 Å². The molecule has 1 saturated heterocycles. The van der Waals surface area contributed by atoms with Crippen LogP contribution in [0.2, 0.25) is 0 Å². The van der Waals surface area contributed by atoms with E-state index in [4.69, 9.17) is 9.47 Å². The number of anilines is 1. The number of morpholine rings is 1. The fraction of sp³-hybridized carbons (Fsp3) is 0.417. The Morgan fingerprint density at radius 2 is 1.77 bits per heavy atom. The lowest BCUT2D eigenvalue weighted by atomic mass is 10.2. The summed E-state index contributed by atoms with van der Waals surface area (Å²) in [6.45, 7) is 9.14. The van der Waals surface area contributed by atoms with E-state index in [9.17, 15) is 0 Å². The van der Waals surface area contributed by atoms with E-state index >= 15 is 0 Å². The fourth-order valence-corrected chi connectivity index (χ4v) is 4.41. The molecule has 1 aliphatic heterocycles. The Kier molecular flexibility index (Phi) is 7.48. The maximum Gasteiger partial charge on any atom is 0.228 e. The molecule has 2 aromatic carbocycles. The lowest BCUT2D eigenvalue weighted by molar-refractivity contribution is 0.121. The van der Waals surface area contributed by atoms with Crippen molar-refractivity contribution in [2.75, 3.05) is 31.2 Å². The van der Waals surface area contributed by atoms with Crippen molar-refractivity contribution in [3.63, 3.8) is 0 Å². The number of nitrogens with zero attached hydrogens (tertiary/aromatic N) is 4. The van der Waals surface area contributed by atoms with Gasteiger partial charge in [0.25, 0.3) is 0 Å². The van der Waals surface area contributed by atoms with Gasteiger partial charge in [0.05, 0.1) is 13.2 Å². The van der Waals surface area contributed by atoms with E-state index in [-0.39, 0.29) is 0 Å². The maximum absolute atomic E-state index is 5.98. The van der Waals surface area contributed by atoms with Crippen molar-refractivity contribution >= 4 is 17.7 Å². The van der Waals surface area contributed by atoms with Gasteiger partial charge >= 0.3 is 0 Å². The highest BCUT2D eigenvalue weighted by molar-refractivity contribution is 7.98. The monoisotopic (exact) mass is 438 g/mol. The maximum atomic E-state index is 5.98. The molecular formula is C24H30N4O2S. The molecule has 0 N–H and O–H groups in total. The summed E-state index contributed by atoms with van der Waals surface area (Å²) in [4.78, 5) is 2.28.